The first-order valence-corrected chi connectivity index (χ1v) is 14.1. The molecule has 3 aliphatic rings. The van der Waals surface area contributed by atoms with E-state index >= 15 is 0 Å². The molecule has 41 heavy (non-hydrogen) atoms. The summed E-state index contributed by atoms with van der Waals surface area (Å²) >= 11 is 0. The molecule has 2 bridgehead atoms. The molecule has 0 aromatic heterocycles. The molecular weight excluding hydrogens is 536 g/mol. The van der Waals surface area contributed by atoms with Gasteiger partial charge in [0.1, 0.15) is 24.4 Å². The number of hydrogen-bond acceptors (Lipinski definition) is 11. The highest BCUT2D eigenvalue weighted by Gasteiger charge is 2.65. The van der Waals surface area contributed by atoms with Crippen LogP contribution in [0.2, 0.25) is 0 Å². The number of aliphatic hydroxyl groups is 1. The smallest absolute Gasteiger partial charge is 0.303 e. The van der Waals surface area contributed by atoms with Crippen LogP contribution in [0.5, 0.6) is 0 Å². The van der Waals surface area contributed by atoms with Crippen molar-refractivity contribution >= 4 is 29.8 Å². The third-order valence-corrected chi connectivity index (χ3v) is 9.35. The largest absolute Gasteiger partial charge is 0.462 e. The molecule has 11 nitrogen and oxygen atoms in total. The summed E-state index contributed by atoms with van der Waals surface area (Å²) in [4.78, 5) is 62.2. The van der Waals surface area contributed by atoms with E-state index in [1.54, 1.807) is 6.92 Å². The van der Waals surface area contributed by atoms with Gasteiger partial charge in [-0.2, -0.15) is 0 Å². The fraction of sp³-hybridized carbons (Fsp3) is 0.767. The standard InChI is InChI=1S/C30H44O11/c1-14-23(38-16(3)33)12-21-26(39-17(4)34)25-20(13-31)22(37-15(2)32)10-11-30(25,9)28(41-19(6)36)27(40-18(5)35)24(14)29(21,7)8/h20-23,25-28,31H,10-13H2,1-9H3/t20-,21+,22+,23+,25+,26-,27-,28+,30-/m1/s1. The summed E-state index contributed by atoms with van der Waals surface area (Å²) in [6, 6.07) is 0. The third-order valence-electron chi connectivity index (χ3n) is 9.35. The summed E-state index contributed by atoms with van der Waals surface area (Å²) in [6.45, 7) is 13.5. The number of rotatable bonds is 6. The van der Waals surface area contributed by atoms with Crippen LogP contribution in [0.25, 0.3) is 0 Å². The lowest BCUT2D eigenvalue weighted by Gasteiger charge is -2.61. The molecule has 0 unspecified atom stereocenters. The molecule has 2 fully saturated rings. The fourth-order valence-corrected chi connectivity index (χ4v) is 7.92. The molecule has 0 spiro atoms. The number of hydrogen-bond donors (Lipinski definition) is 1. The lowest BCUT2D eigenvalue weighted by Crippen LogP contribution is -2.66. The van der Waals surface area contributed by atoms with Gasteiger partial charge in [-0.15, -0.1) is 0 Å². The molecule has 0 heterocycles. The Morgan fingerprint density at radius 1 is 0.805 bits per heavy atom. The monoisotopic (exact) mass is 580 g/mol. The van der Waals surface area contributed by atoms with Crippen LogP contribution in [-0.4, -0.2) is 72.1 Å². The van der Waals surface area contributed by atoms with Crippen LogP contribution in [0.1, 0.15) is 81.6 Å². The quantitative estimate of drug-likeness (QED) is 0.280. The highest BCUT2D eigenvalue weighted by Crippen LogP contribution is 2.61. The van der Waals surface area contributed by atoms with Crippen molar-refractivity contribution in [2.75, 3.05) is 6.61 Å². The van der Waals surface area contributed by atoms with Gasteiger partial charge in [-0.05, 0) is 42.7 Å². The SMILES string of the molecule is CC(=O)O[C@H]1[C@@H]2[C@H](CO)[C@@H](OC(C)=O)CC[C@@]2(C)[C@@H](OC(C)=O)[C@H](OC(C)=O)C2=C(C)[C@@H](OC(C)=O)C[C@@H]1C2(C)C. The number of carbonyl (C=O) groups is 5. The molecule has 0 saturated heterocycles. The normalized spacial score (nSPS) is 36.0. The number of ether oxygens (including phenoxy) is 5. The van der Waals surface area contributed by atoms with Crippen molar-refractivity contribution < 1.29 is 52.8 Å². The molecular formula is C30H44O11. The Morgan fingerprint density at radius 2 is 1.34 bits per heavy atom. The van der Waals surface area contributed by atoms with Crippen LogP contribution in [0.3, 0.4) is 0 Å². The van der Waals surface area contributed by atoms with Crippen molar-refractivity contribution in [3.63, 3.8) is 0 Å². The molecule has 2 saturated carbocycles. The molecule has 0 aliphatic heterocycles. The van der Waals surface area contributed by atoms with E-state index in [0.29, 0.717) is 24.0 Å². The minimum Gasteiger partial charge on any atom is -0.462 e. The number of esters is 5. The van der Waals surface area contributed by atoms with E-state index in [1.165, 1.54) is 34.6 Å². The Labute approximate surface area is 241 Å². The minimum atomic E-state index is -1.07. The summed E-state index contributed by atoms with van der Waals surface area (Å²) < 4.78 is 29.6. The highest BCUT2D eigenvalue weighted by molar-refractivity contribution is 5.69. The average molecular weight is 581 g/mol. The van der Waals surface area contributed by atoms with Crippen LogP contribution in [0.15, 0.2) is 11.1 Å². The zero-order valence-electron chi connectivity index (χ0n) is 25.5. The van der Waals surface area contributed by atoms with Crippen LogP contribution in [0.4, 0.5) is 0 Å². The summed E-state index contributed by atoms with van der Waals surface area (Å²) in [7, 11) is 0. The fourth-order valence-electron chi connectivity index (χ4n) is 7.92. The van der Waals surface area contributed by atoms with Crippen molar-refractivity contribution in [1.82, 2.24) is 0 Å². The maximum Gasteiger partial charge on any atom is 0.303 e. The van der Waals surface area contributed by atoms with Gasteiger partial charge in [-0.25, -0.2) is 0 Å². The van der Waals surface area contributed by atoms with E-state index in [1.807, 2.05) is 20.8 Å². The zero-order valence-corrected chi connectivity index (χ0v) is 25.5. The van der Waals surface area contributed by atoms with E-state index in [4.69, 9.17) is 23.7 Å². The highest BCUT2D eigenvalue weighted by atomic mass is 16.6. The Hall–Kier alpha value is -2.95. The molecule has 0 radical (unpaired) electrons. The molecule has 3 rings (SSSR count). The Balaban J connectivity index is 2.44. The van der Waals surface area contributed by atoms with Gasteiger partial charge in [0, 0.05) is 64.4 Å². The molecule has 9 atom stereocenters. The molecule has 3 aliphatic carbocycles. The van der Waals surface area contributed by atoms with Crippen molar-refractivity contribution in [2.45, 2.75) is 112 Å². The lowest BCUT2D eigenvalue weighted by atomic mass is 9.48. The minimum absolute atomic E-state index is 0.286. The van der Waals surface area contributed by atoms with E-state index in [9.17, 15) is 29.1 Å². The Morgan fingerprint density at radius 3 is 1.83 bits per heavy atom. The van der Waals surface area contributed by atoms with Crippen LogP contribution in [-0.2, 0) is 47.7 Å². The molecule has 230 valence electrons. The second-order valence-electron chi connectivity index (χ2n) is 12.5. The van der Waals surface area contributed by atoms with Crippen molar-refractivity contribution in [2.24, 2.45) is 28.6 Å². The summed E-state index contributed by atoms with van der Waals surface area (Å²) in [6.07, 6.45) is -3.49. The first kappa shape index (κ1) is 32.6. The number of carbonyl (C=O) groups excluding carboxylic acids is 5. The Bertz CT molecular complexity index is 1110. The van der Waals surface area contributed by atoms with Crippen LogP contribution >= 0.6 is 0 Å². The molecule has 11 heteroatoms. The number of fused-ring (bicyclic) bond motifs is 3. The summed E-state index contributed by atoms with van der Waals surface area (Å²) in [5, 5.41) is 10.8. The molecule has 1 N–H and O–H groups in total. The van der Waals surface area contributed by atoms with E-state index in [2.05, 4.69) is 0 Å². The summed E-state index contributed by atoms with van der Waals surface area (Å²) in [5.74, 6) is -4.71. The van der Waals surface area contributed by atoms with Gasteiger partial charge in [0.15, 0.2) is 6.10 Å². The van der Waals surface area contributed by atoms with Gasteiger partial charge < -0.3 is 28.8 Å². The second kappa shape index (κ2) is 12.1. The molecule has 0 aromatic rings. The first-order valence-electron chi connectivity index (χ1n) is 14.1. The van der Waals surface area contributed by atoms with Crippen LogP contribution in [0, 0.1) is 28.6 Å². The topological polar surface area (TPSA) is 152 Å². The van der Waals surface area contributed by atoms with Gasteiger partial charge in [0.25, 0.3) is 0 Å². The first-order chi connectivity index (χ1) is 18.9. The van der Waals surface area contributed by atoms with Crippen molar-refractivity contribution in [1.29, 1.82) is 0 Å². The Kier molecular flexibility index (Phi) is 9.62. The van der Waals surface area contributed by atoms with Gasteiger partial charge >= 0.3 is 29.8 Å². The predicted molar refractivity (Wildman–Crippen MR) is 144 cm³/mol. The van der Waals surface area contributed by atoms with Gasteiger partial charge in [-0.3, -0.25) is 24.0 Å². The predicted octanol–water partition coefficient (Wildman–Crippen LogP) is 3.05. The lowest BCUT2D eigenvalue weighted by molar-refractivity contribution is -0.229. The average Bonchev–Trinajstić information content (AvgIpc) is 2.82. The molecule has 0 aromatic carbocycles. The van der Waals surface area contributed by atoms with Crippen molar-refractivity contribution in [3.05, 3.63) is 11.1 Å². The van der Waals surface area contributed by atoms with E-state index in [-0.39, 0.29) is 6.42 Å². The second-order valence-corrected chi connectivity index (χ2v) is 12.5. The maximum atomic E-state index is 12.7. The molecule has 0 amide bonds. The van der Waals surface area contributed by atoms with E-state index < -0.39 is 95.6 Å². The number of aliphatic hydroxyl groups excluding tert-OH is 1. The van der Waals surface area contributed by atoms with Crippen LogP contribution < -0.4 is 0 Å². The van der Waals surface area contributed by atoms with E-state index in [0.717, 1.165) is 0 Å². The van der Waals surface area contributed by atoms with Gasteiger partial charge in [0.05, 0.1) is 0 Å². The maximum absolute atomic E-state index is 12.7. The zero-order chi connectivity index (χ0) is 31.0. The summed E-state index contributed by atoms with van der Waals surface area (Å²) in [5.41, 5.74) is -0.540. The van der Waals surface area contributed by atoms with Crippen molar-refractivity contribution in [3.8, 4) is 0 Å². The van der Waals surface area contributed by atoms with Gasteiger partial charge in [-0.1, -0.05) is 20.8 Å². The van der Waals surface area contributed by atoms with Gasteiger partial charge in [0.2, 0.25) is 0 Å². The third kappa shape index (κ3) is 6.29.